The summed E-state index contributed by atoms with van der Waals surface area (Å²) < 4.78 is 0. The molecule has 0 saturated heterocycles. The Labute approximate surface area is 102 Å². The van der Waals surface area contributed by atoms with E-state index in [-0.39, 0.29) is 0 Å². The van der Waals surface area contributed by atoms with Crippen LogP contribution in [-0.4, -0.2) is 16.5 Å². The van der Waals surface area contributed by atoms with Gasteiger partial charge in [0.25, 0.3) is 0 Å². The van der Waals surface area contributed by atoms with Gasteiger partial charge in [0, 0.05) is 11.8 Å². The van der Waals surface area contributed by atoms with Crippen molar-refractivity contribution in [1.29, 1.82) is 0 Å². The van der Waals surface area contributed by atoms with Crippen LogP contribution >= 0.6 is 0 Å². The smallest absolute Gasteiger partial charge is 0.116 e. The first-order valence-electron chi connectivity index (χ1n) is 5.87. The molecule has 0 spiro atoms. The van der Waals surface area contributed by atoms with E-state index in [1.54, 1.807) is 6.33 Å². The second-order valence-corrected chi connectivity index (χ2v) is 4.16. The third kappa shape index (κ3) is 2.88. The fourth-order valence-electron chi connectivity index (χ4n) is 1.89. The third-order valence-corrected chi connectivity index (χ3v) is 2.73. The van der Waals surface area contributed by atoms with Gasteiger partial charge in [-0.25, -0.2) is 9.97 Å². The first kappa shape index (κ1) is 11.7. The maximum absolute atomic E-state index is 5.55. The van der Waals surface area contributed by atoms with Crippen LogP contribution in [0.2, 0.25) is 0 Å². The SMILES string of the molecule is Cc1cccc(-c2ncncc2CCCN)c1. The van der Waals surface area contributed by atoms with E-state index in [0.717, 1.165) is 24.1 Å². The Balaban J connectivity index is 2.37. The molecule has 2 rings (SSSR count). The molecule has 0 saturated carbocycles. The minimum Gasteiger partial charge on any atom is -0.330 e. The fraction of sp³-hybridized carbons (Fsp3) is 0.286. The number of rotatable bonds is 4. The zero-order chi connectivity index (χ0) is 12.1. The monoisotopic (exact) mass is 227 g/mol. The molecule has 2 aromatic rings. The molecule has 0 bridgehead atoms. The van der Waals surface area contributed by atoms with Gasteiger partial charge < -0.3 is 5.73 Å². The Morgan fingerprint density at radius 1 is 1.29 bits per heavy atom. The molecule has 0 fully saturated rings. The van der Waals surface area contributed by atoms with Crippen LogP contribution in [0, 0.1) is 6.92 Å². The minimum absolute atomic E-state index is 0.697. The molecule has 3 nitrogen and oxygen atoms in total. The van der Waals surface area contributed by atoms with Crippen LogP contribution in [0.15, 0.2) is 36.8 Å². The summed E-state index contributed by atoms with van der Waals surface area (Å²) in [5.41, 5.74) is 10.1. The van der Waals surface area contributed by atoms with Crippen LogP contribution in [0.1, 0.15) is 17.5 Å². The van der Waals surface area contributed by atoms with Gasteiger partial charge in [-0.15, -0.1) is 0 Å². The van der Waals surface area contributed by atoms with Gasteiger partial charge in [0.05, 0.1) is 5.69 Å². The standard InChI is InChI=1S/C14H17N3/c1-11-4-2-5-12(8-11)14-13(6-3-7-15)9-16-10-17-14/h2,4-5,8-10H,3,6-7,15H2,1H3. The van der Waals surface area contributed by atoms with Gasteiger partial charge >= 0.3 is 0 Å². The summed E-state index contributed by atoms with van der Waals surface area (Å²) in [7, 11) is 0. The Kier molecular flexibility index (Phi) is 3.83. The number of nitrogens with two attached hydrogens (primary N) is 1. The Morgan fingerprint density at radius 2 is 2.18 bits per heavy atom. The van der Waals surface area contributed by atoms with Crippen LogP contribution in [0.25, 0.3) is 11.3 Å². The summed E-state index contributed by atoms with van der Waals surface area (Å²) in [6.07, 6.45) is 5.39. The van der Waals surface area contributed by atoms with E-state index in [4.69, 9.17) is 5.73 Å². The van der Waals surface area contributed by atoms with Crippen LogP contribution in [0.3, 0.4) is 0 Å². The number of hydrogen-bond donors (Lipinski definition) is 1. The lowest BCUT2D eigenvalue weighted by Crippen LogP contribution is -2.02. The topological polar surface area (TPSA) is 51.8 Å². The van der Waals surface area contributed by atoms with Crippen LogP contribution in [0.5, 0.6) is 0 Å². The van der Waals surface area contributed by atoms with E-state index >= 15 is 0 Å². The molecule has 17 heavy (non-hydrogen) atoms. The highest BCUT2D eigenvalue weighted by atomic mass is 14.8. The maximum atomic E-state index is 5.55. The zero-order valence-corrected chi connectivity index (χ0v) is 10.1. The summed E-state index contributed by atoms with van der Waals surface area (Å²) in [5, 5.41) is 0. The summed E-state index contributed by atoms with van der Waals surface area (Å²) in [5.74, 6) is 0. The van der Waals surface area contributed by atoms with Crippen LogP contribution < -0.4 is 5.73 Å². The van der Waals surface area contributed by atoms with Crippen molar-refractivity contribution in [3.63, 3.8) is 0 Å². The molecule has 0 radical (unpaired) electrons. The highest BCUT2D eigenvalue weighted by Gasteiger charge is 2.06. The predicted octanol–water partition coefficient (Wildman–Crippen LogP) is 2.34. The number of hydrogen-bond acceptors (Lipinski definition) is 3. The van der Waals surface area contributed by atoms with Crippen LogP contribution in [-0.2, 0) is 6.42 Å². The normalized spacial score (nSPS) is 10.5. The van der Waals surface area contributed by atoms with Crippen molar-refractivity contribution in [2.24, 2.45) is 5.73 Å². The van der Waals surface area contributed by atoms with E-state index in [9.17, 15) is 0 Å². The molecule has 0 aliphatic carbocycles. The lowest BCUT2D eigenvalue weighted by molar-refractivity contribution is 0.825. The van der Waals surface area contributed by atoms with E-state index in [1.807, 2.05) is 6.20 Å². The largest absolute Gasteiger partial charge is 0.330 e. The summed E-state index contributed by atoms with van der Waals surface area (Å²) in [4.78, 5) is 8.49. The first-order valence-corrected chi connectivity index (χ1v) is 5.87. The van der Waals surface area contributed by atoms with Crippen molar-refractivity contribution >= 4 is 0 Å². The molecule has 0 aliphatic rings. The average molecular weight is 227 g/mol. The van der Waals surface area contributed by atoms with E-state index in [2.05, 4.69) is 41.2 Å². The summed E-state index contributed by atoms with van der Waals surface area (Å²) in [6.45, 7) is 2.78. The Bertz CT molecular complexity index is 494. The zero-order valence-electron chi connectivity index (χ0n) is 10.1. The molecular formula is C14H17N3. The van der Waals surface area contributed by atoms with Gasteiger partial charge in [0.2, 0.25) is 0 Å². The van der Waals surface area contributed by atoms with Crippen molar-refractivity contribution in [2.75, 3.05) is 6.54 Å². The lowest BCUT2D eigenvalue weighted by Gasteiger charge is -2.07. The molecule has 1 heterocycles. The molecule has 88 valence electrons. The maximum Gasteiger partial charge on any atom is 0.116 e. The average Bonchev–Trinajstić information content (AvgIpc) is 2.37. The highest BCUT2D eigenvalue weighted by molar-refractivity contribution is 5.63. The number of aryl methyl sites for hydroxylation is 2. The van der Waals surface area contributed by atoms with Gasteiger partial charge in [-0.05, 0) is 37.9 Å². The number of benzene rings is 1. The van der Waals surface area contributed by atoms with Gasteiger partial charge in [-0.1, -0.05) is 23.8 Å². The molecule has 0 atom stereocenters. The van der Waals surface area contributed by atoms with Crippen molar-refractivity contribution in [3.8, 4) is 11.3 Å². The minimum atomic E-state index is 0.697. The highest BCUT2D eigenvalue weighted by Crippen LogP contribution is 2.22. The molecule has 2 N–H and O–H groups in total. The number of nitrogens with zero attached hydrogens (tertiary/aromatic N) is 2. The predicted molar refractivity (Wildman–Crippen MR) is 69.6 cm³/mol. The summed E-state index contributed by atoms with van der Waals surface area (Å²) in [6, 6.07) is 8.37. The van der Waals surface area contributed by atoms with Crippen molar-refractivity contribution in [2.45, 2.75) is 19.8 Å². The molecule has 0 aliphatic heterocycles. The van der Waals surface area contributed by atoms with Gasteiger partial charge in [0.15, 0.2) is 0 Å². The fourth-order valence-corrected chi connectivity index (χ4v) is 1.89. The van der Waals surface area contributed by atoms with Crippen molar-refractivity contribution in [3.05, 3.63) is 47.9 Å². The van der Waals surface area contributed by atoms with Gasteiger partial charge in [-0.3, -0.25) is 0 Å². The second kappa shape index (κ2) is 5.55. The van der Waals surface area contributed by atoms with Gasteiger partial charge in [-0.2, -0.15) is 0 Å². The summed E-state index contributed by atoms with van der Waals surface area (Å²) >= 11 is 0. The second-order valence-electron chi connectivity index (χ2n) is 4.16. The van der Waals surface area contributed by atoms with E-state index in [0.29, 0.717) is 6.54 Å². The molecule has 1 aromatic carbocycles. The van der Waals surface area contributed by atoms with Gasteiger partial charge in [0.1, 0.15) is 6.33 Å². The van der Waals surface area contributed by atoms with Crippen molar-refractivity contribution < 1.29 is 0 Å². The quantitative estimate of drug-likeness (QED) is 0.872. The van der Waals surface area contributed by atoms with Crippen LogP contribution in [0.4, 0.5) is 0 Å². The van der Waals surface area contributed by atoms with E-state index in [1.165, 1.54) is 11.1 Å². The molecule has 3 heteroatoms. The lowest BCUT2D eigenvalue weighted by atomic mass is 10.0. The number of aromatic nitrogens is 2. The first-order chi connectivity index (χ1) is 8.31. The Hall–Kier alpha value is -1.74. The van der Waals surface area contributed by atoms with E-state index < -0.39 is 0 Å². The molecular weight excluding hydrogens is 210 g/mol. The van der Waals surface area contributed by atoms with Crippen molar-refractivity contribution in [1.82, 2.24) is 9.97 Å². The Morgan fingerprint density at radius 3 is 2.94 bits per heavy atom. The molecule has 0 amide bonds. The third-order valence-electron chi connectivity index (χ3n) is 2.73. The molecule has 1 aromatic heterocycles. The molecule has 0 unspecified atom stereocenters.